The number of ether oxygens (including phenoxy) is 1. The Morgan fingerprint density at radius 1 is 1.33 bits per heavy atom. The summed E-state index contributed by atoms with van der Waals surface area (Å²) in [4.78, 5) is 23.9. The molecule has 0 spiro atoms. The van der Waals surface area contributed by atoms with Crippen LogP contribution in [0.1, 0.15) is 20.3 Å². The van der Waals surface area contributed by atoms with Crippen LogP contribution in [0.25, 0.3) is 0 Å². The van der Waals surface area contributed by atoms with Crippen molar-refractivity contribution >= 4 is 15.9 Å². The van der Waals surface area contributed by atoms with E-state index in [1.807, 2.05) is 13.8 Å². The van der Waals surface area contributed by atoms with E-state index < -0.39 is 15.6 Å². The molecule has 0 aliphatic carbocycles. The molecular formula is C15H23N3O5S. The second kappa shape index (κ2) is 7.91. The van der Waals surface area contributed by atoms with Crippen molar-refractivity contribution in [3.8, 4) is 0 Å². The third-order valence-electron chi connectivity index (χ3n) is 3.90. The first-order chi connectivity index (χ1) is 11.3. The van der Waals surface area contributed by atoms with E-state index in [2.05, 4.69) is 5.32 Å². The predicted octanol–water partition coefficient (Wildman–Crippen LogP) is -0.216. The number of sulfonamides is 1. The Hall–Kier alpha value is -1.71. The number of carbonyl (C=O) groups excluding carboxylic acids is 1. The van der Waals surface area contributed by atoms with Crippen molar-refractivity contribution in [2.75, 3.05) is 26.3 Å². The number of hydrogen-bond acceptors (Lipinski definition) is 5. The van der Waals surface area contributed by atoms with Crippen molar-refractivity contribution in [2.45, 2.75) is 37.8 Å². The Labute approximate surface area is 141 Å². The first-order valence-corrected chi connectivity index (χ1v) is 9.36. The molecular weight excluding hydrogens is 334 g/mol. The second-order valence-electron chi connectivity index (χ2n) is 5.72. The molecule has 1 fully saturated rings. The summed E-state index contributed by atoms with van der Waals surface area (Å²) in [7, 11) is -3.70. The number of carbonyl (C=O) groups is 1. The lowest BCUT2D eigenvalue weighted by Gasteiger charge is -2.26. The highest BCUT2D eigenvalue weighted by atomic mass is 32.2. The van der Waals surface area contributed by atoms with Gasteiger partial charge in [-0.1, -0.05) is 6.92 Å². The fourth-order valence-corrected chi connectivity index (χ4v) is 3.73. The molecule has 1 aliphatic heterocycles. The van der Waals surface area contributed by atoms with E-state index >= 15 is 0 Å². The average molecular weight is 357 g/mol. The lowest BCUT2D eigenvalue weighted by Crippen LogP contribution is -2.41. The van der Waals surface area contributed by atoms with Crippen LogP contribution in [-0.4, -0.2) is 55.5 Å². The molecule has 1 aliphatic rings. The molecule has 2 rings (SSSR count). The van der Waals surface area contributed by atoms with E-state index in [-0.39, 0.29) is 36.5 Å². The number of rotatable bonds is 6. The predicted molar refractivity (Wildman–Crippen MR) is 88.2 cm³/mol. The van der Waals surface area contributed by atoms with Gasteiger partial charge in [0.15, 0.2) is 0 Å². The molecule has 1 N–H and O–H groups in total. The van der Waals surface area contributed by atoms with Crippen LogP contribution in [0.2, 0.25) is 0 Å². The molecule has 0 saturated carbocycles. The van der Waals surface area contributed by atoms with Gasteiger partial charge in [-0.3, -0.25) is 9.59 Å². The van der Waals surface area contributed by atoms with Gasteiger partial charge in [-0.15, -0.1) is 0 Å². The highest BCUT2D eigenvalue weighted by Gasteiger charge is 2.27. The number of morpholine rings is 1. The Balaban J connectivity index is 2.21. The zero-order chi connectivity index (χ0) is 17.7. The third-order valence-corrected chi connectivity index (χ3v) is 5.78. The molecule has 2 heterocycles. The van der Waals surface area contributed by atoms with Gasteiger partial charge in [-0.25, -0.2) is 8.42 Å². The van der Waals surface area contributed by atoms with Crippen LogP contribution in [0.4, 0.5) is 0 Å². The van der Waals surface area contributed by atoms with E-state index in [4.69, 9.17) is 4.74 Å². The van der Waals surface area contributed by atoms with Gasteiger partial charge in [-0.05, 0) is 19.4 Å². The van der Waals surface area contributed by atoms with Crippen molar-refractivity contribution in [2.24, 2.45) is 0 Å². The van der Waals surface area contributed by atoms with Gasteiger partial charge < -0.3 is 14.6 Å². The number of nitrogens with zero attached hydrogens (tertiary/aromatic N) is 2. The van der Waals surface area contributed by atoms with Gasteiger partial charge >= 0.3 is 0 Å². The number of pyridine rings is 1. The number of amides is 1. The maximum absolute atomic E-state index is 12.6. The van der Waals surface area contributed by atoms with Crippen molar-refractivity contribution in [3.63, 3.8) is 0 Å². The molecule has 1 amide bonds. The molecule has 1 aromatic heterocycles. The van der Waals surface area contributed by atoms with Crippen molar-refractivity contribution < 1.29 is 17.9 Å². The summed E-state index contributed by atoms with van der Waals surface area (Å²) < 4.78 is 32.8. The van der Waals surface area contributed by atoms with Crippen LogP contribution < -0.4 is 10.9 Å². The van der Waals surface area contributed by atoms with Gasteiger partial charge in [-0.2, -0.15) is 4.31 Å². The van der Waals surface area contributed by atoms with Gasteiger partial charge in [0, 0.05) is 31.4 Å². The molecule has 0 aromatic carbocycles. The smallest absolute Gasteiger partial charge is 0.251 e. The fourth-order valence-electron chi connectivity index (χ4n) is 2.30. The highest BCUT2D eigenvalue weighted by molar-refractivity contribution is 7.89. The van der Waals surface area contributed by atoms with Crippen molar-refractivity contribution in [1.82, 2.24) is 14.2 Å². The number of nitrogens with one attached hydrogen (secondary N) is 1. The first kappa shape index (κ1) is 18.6. The average Bonchev–Trinajstić information content (AvgIpc) is 2.57. The van der Waals surface area contributed by atoms with Gasteiger partial charge in [0.1, 0.15) is 6.54 Å². The molecule has 8 nitrogen and oxygen atoms in total. The highest BCUT2D eigenvalue weighted by Crippen LogP contribution is 2.15. The first-order valence-electron chi connectivity index (χ1n) is 7.92. The van der Waals surface area contributed by atoms with Crippen LogP contribution in [0.3, 0.4) is 0 Å². The maximum Gasteiger partial charge on any atom is 0.251 e. The van der Waals surface area contributed by atoms with Gasteiger partial charge in [0.05, 0.1) is 18.1 Å². The van der Waals surface area contributed by atoms with E-state index in [9.17, 15) is 18.0 Å². The molecule has 24 heavy (non-hydrogen) atoms. The van der Waals surface area contributed by atoms with E-state index in [1.165, 1.54) is 22.6 Å². The van der Waals surface area contributed by atoms with Crippen molar-refractivity contribution in [3.05, 3.63) is 28.7 Å². The van der Waals surface area contributed by atoms with Crippen LogP contribution in [0.5, 0.6) is 0 Å². The minimum atomic E-state index is -3.70. The van der Waals surface area contributed by atoms with Gasteiger partial charge in [0.2, 0.25) is 15.9 Å². The van der Waals surface area contributed by atoms with Crippen LogP contribution >= 0.6 is 0 Å². The fraction of sp³-hybridized carbons (Fsp3) is 0.600. The Morgan fingerprint density at radius 3 is 2.62 bits per heavy atom. The summed E-state index contributed by atoms with van der Waals surface area (Å²) in [6, 6.07) is 2.44. The van der Waals surface area contributed by atoms with E-state index in [0.717, 1.165) is 11.0 Å². The molecule has 1 atom stereocenters. The zero-order valence-electron chi connectivity index (χ0n) is 13.9. The normalized spacial score (nSPS) is 17.4. The van der Waals surface area contributed by atoms with Gasteiger partial charge in [0.25, 0.3) is 5.56 Å². The third kappa shape index (κ3) is 4.43. The van der Waals surface area contributed by atoms with Crippen LogP contribution in [0.15, 0.2) is 28.0 Å². The molecule has 1 saturated heterocycles. The molecule has 1 aromatic rings. The number of hydrogen-bond donors (Lipinski definition) is 1. The summed E-state index contributed by atoms with van der Waals surface area (Å²) in [5.41, 5.74) is -0.421. The van der Waals surface area contributed by atoms with Crippen LogP contribution in [0, 0.1) is 0 Å². The second-order valence-corrected chi connectivity index (χ2v) is 7.66. The summed E-state index contributed by atoms with van der Waals surface area (Å²) in [6.45, 7) is 4.82. The summed E-state index contributed by atoms with van der Waals surface area (Å²) >= 11 is 0. The molecule has 134 valence electrons. The standard InChI is InChI=1S/C15H23N3O5S/c1-3-12(2)16-14(19)11-17-10-13(4-5-15(17)20)24(21,22)18-6-8-23-9-7-18/h4-5,10,12H,3,6-9,11H2,1-2H3,(H,16,19)/t12-/m1/s1. The lowest BCUT2D eigenvalue weighted by atomic mass is 10.2. The molecule has 0 radical (unpaired) electrons. The SMILES string of the molecule is CC[C@@H](C)NC(=O)Cn1cc(S(=O)(=O)N2CCOCC2)ccc1=O. The number of aromatic nitrogens is 1. The van der Waals surface area contributed by atoms with E-state index in [1.54, 1.807) is 0 Å². The lowest BCUT2D eigenvalue weighted by molar-refractivity contribution is -0.122. The Bertz CT molecular complexity index is 738. The topological polar surface area (TPSA) is 97.7 Å². The van der Waals surface area contributed by atoms with Crippen molar-refractivity contribution in [1.29, 1.82) is 0 Å². The molecule has 0 unspecified atom stereocenters. The minimum Gasteiger partial charge on any atom is -0.379 e. The Morgan fingerprint density at radius 2 is 2.00 bits per heavy atom. The quantitative estimate of drug-likeness (QED) is 0.759. The summed E-state index contributed by atoms with van der Waals surface area (Å²) in [5.74, 6) is -0.327. The zero-order valence-corrected chi connectivity index (χ0v) is 14.7. The Kier molecular flexibility index (Phi) is 6.14. The molecule has 9 heteroatoms. The maximum atomic E-state index is 12.6. The van der Waals surface area contributed by atoms with E-state index in [0.29, 0.717) is 13.2 Å². The summed E-state index contributed by atoms with van der Waals surface area (Å²) in [5, 5.41) is 2.75. The summed E-state index contributed by atoms with van der Waals surface area (Å²) in [6.07, 6.45) is 2.00. The largest absolute Gasteiger partial charge is 0.379 e. The molecule has 0 bridgehead atoms. The monoisotopic (exact) mass is 357 g/mol. The minimum absolute atomic E-state index is 0.000315. The van der Waals surface area contributed by atoms with Crippen LogP contribution in [-0.2, 0) is 26.1 Å².